The molecule has 0 radical (unpaired) electrons. The predicted octanol–water partition coefficient (Wildman–Crippen LogP) is 5.03. The lowest BCUT2D eigenvalue weighted by molar-refractivity contribution is 0.0695. The Bertz CT molecular complexity index is 653. The van der Waals surface area contributed by atoms with Crippen molar-refractivity contribution < 1.29 is 19.0 Å². The van der Waals surface area contributed by atoms with Crippen LogP contribution < -0.4 is 4.74 Å². The van der Waals surface area contributed by atoms with Crippen molar-refractivity contribution in [3.63, 3.8) is 0 Å². The summed E-state index contributed by atoms with van der Waals surface area (Å²) in [5.74, 6) is -1.44. The van der Waals surface area contributed by atoms with E-state index < -0.39 is 11.8 Å². The lowest BCUT2D eigenvalue weighted by Crippen LogP contribution is -2.00. The first-order chi connectivity index (χ1) is 10.0. The van der Waals surface area contributed by atoms with Crippen molar-refractivity contribution in [3.8, 4) is 11.5 Å². The molecule has 0 atom stereocenters. The van der Waals surface area contributed by atoms with Crippen LogP contribution in [0.5, 0.6) is 11.5 Å². The highest BCUT2D eigenvalue weighted by atomic mass is 79.9. The van der Waals surface area contributed by atoms with Crippen LogP contribution in [0.4, 0.5) is 4.39 Å². The van der Waals surface area contributed by atoms with Crippen molar-refractivity contribution >= 4 is 21.9 Å². The van der Waals surface area contributed by atoms with E-state index in [9.17, 15) is 9.18 Å². The molecule has 0 bridgehead atoms. The minimum absolute atomic E-state index is 0.0184. The largest absolute Gasteiger partial charge is 0.478 e. The first kappa shape index (κ1) is 15.5. The van der Waals surface area contributed by atoms with Gasteiger partial charge in [-0.1, -0.05) is 25.5 Å². The number of hydrogen-bond donors (Lipinski definition) is 1. The fraction of sp³-hybridized carbons (Fsp3) is 0.188. The van der Waals surface area contributed by atoms with Gasteiger partial charge in [0.2, 0.25) is 0 Å². The molecule has 5 heteroatoms. The molecule has 110 valence electrons. The summed E-state index contributed by atoms with van der Waals surface area (Å²) in [5.41, 5.74) is 1.05. The Morgan fingerprint density at radius 2 is 1.90 bits per heavy atom. The number of carboxylic acids is 1. The zero-order valence-corrected chi connectivity index (χ0v) is 13.0. The molecule has 0 heterocycles. The molecule has 21 heavy (non-hydrogen) atoms. The summed E-state index contributed by atoms with van der Waals surface area (Å²) in [5, 5.41) is 8.91. The minimum Gasteiger partial charge on any atom is -0.478 e. The summed E-state index contributed by atoms with van der Waals surface area (Å²) in [7, 11) is 0. The number of carbonyl (C=O) groups is 1. The van der Waals surface area contributed by atoms with E-state index in [0.29, 0.717) is 5.75 Å². The number of aromatic carboxylic acids is 1. The van der Waals surface area contributed by atoms with Gasteiger partial charge < -0.3 is 9.84 Å². The average molecular weight is 353 g/mol. The van der Waals surface area contributed by atoms with Crippen molar-refractivity contribution in [3.05, 3.63) is 57.8 Å². The summed E-state index contributed by atoms with van der Waals surface area (Å²) in [6.07, 6.45) is 2.03. The number of aryl methyl sites for hydroxylation is 1. The molecule has 0 aliphatic heterocycles. The molecular weight excluding hydrogens is 339 g/mol. The van der Waals surface area contributed by atoms with Gasteiger partial charge >= 0.3 is 5.97 Å². The Kier molecular flexibility index (Phi) is 4.96. The van der Waals surface area contributed by atoms with E-state index in [4.69, 9.17) is 9.84 Å². The lowest BCUT2D eigenvalue weighted by Gasteiger charge is -2.10. The van der Waals surface area contributed by atoms with E-state index in [1.54, 1.807) is 12.1 Å². The van der Waals surface area contributed by atoms with Gasteiger partial charge in [0.1, 0.15) is 5.75 Å². The van der Waals surface area contributed by atoms with Crippen LogP contribution in [0, 0.1) is 5.82 Å². The summed E-state index contributed by atoms with van der Waals surface area (Å²) in [6.45, 7) is 2.10. The molecule has 0 spiro atoms. The maximum Gasteiger partial charge on any atom is 0.336 e. The number of rotatable bonds is 5. The van der Waals surface area contributed by atoms with E-state index in [-0.39, 0.29) is 15.8 Å². The van der Waals surface area contributed by atoms with Gasteiger partial charge in [-0.05, 0) is 52.2 Å². The van der Waals surface area contributed by atoms with Crippen molar-refractivity contribution in [2.45, 2.75) is 19.8 Å². The second kappa shape index (κ2) is 6.72. The Balaban J connectivity index is 2.23. The number of benzene rings is 2. The third kappa shape index (κ3) is 3.61. The van der Waals surface area contributed by atoms with Crippen LogP contribution in [0.15, 0.2) is 40.9 Å². The zero-order valence-electron chi connectivity index (χ0n) is 11.4. The molecule has 3 nitrogen and oxygen atoms in total. The lowest BCUT2D eigenvalue weighted by atomic mass is 10.1. The number of hydrogen-bond acceptors (Lipinski definition) is 2. The molecule has 1 N–H and O–H groups in total. The first-order valence-corrected chi connectivity index (χ1v) is 7.30. The Morgan fingerprint density at radius 3 is 2.48 bits per heavy atom. The Hall–Kier alpha value is -1.88. The Labute approximate surface area is 130 Å². The maximum atomic E-state index is 14.1. The first-order valence-electron chi connectivity index (χ1n) is 6.51. The fourth-order valence-corrected chi connectivity index (χ4v) is 2.41. The topological polar surface area (TPSA) is 46.5 Å². The third-order valence-electron chi connectivity index (χ3n) is 2.97. The molecule has 0 amide bonds. The third-order valence-corrected chi connectivity index (χ3v) is 3.74. The van der Waals surface area contributed by atoms with E-state index in [1.165, 1.54) is 17.7 Å². The highest BCUT2D eigenvalue weighted by Gasteiger charge is 2.17. The predicted molar refractivity (Wildman–Crippen MR) is 81.6 cm³/mol. The van der Waals surface area contributed by atoms with Crippen LogP contribution in [0.2, 0.25) is 0 Å². The van der Waals surface area contributed by atoms with Gasteiger partial charge in [0.05, 0.1) is 10.0 Å². The second-order valence-electron chi connectivity index (χ2n) is 4.54. The van der Waals surface area contributed by atoms with Crippen molar-refractivity contribution in [1.29, 1.82) is 0 Å². The van der Waals surface area contributed by atoms with Crippen LogP contribution in [0.25, 0.3) is 0 Å². The molecule has 0 saturated carbocycles. The summed E-state index contributed by atoms with van der Waals surface area (Å²) in [6, 6.07) is 10.0. The Morgan fingerprint density at radius 1 is 1.24 bits per heavy atom. The number of halogens is 2. The molecule has 0 aromatic heterocycles. The number of ether oxygens (including phenoxy) is 1. The minimum atomic E-state index is -1.20. The van der Waals surface area contributed by atoms with Gasteiger partial charge in [-0.15, -0.1) is 0 Å². The quantitative estimate of drug-likeness (QED) is 0.820. The zero-order chi connectivity index (χ0) is 15.4. The molecule has 2 aromatic carbocycles. The van der Waals surface area contributed by atoms with Crippen LogP contribution in [-0.4, -0.2) is 11.1 Å². The SMILES string of the molecule is CCCc1ccc(Oc2ccc(C(=O)O)c(Br)c2F)cc1. The van der Waals surface area contributed by atoms with Crippen LogP contribution in [-0.2, 0) is 6.42 Å². The van der Waals surface area contributed by atoms with E-state index >= 15 is 0 Å². The van der Waals surface area contributed by atoms with Gasteiger partial charge in [0, 0.05) is 0 Å². The molecular formula is C16H14BrFO3. The molecule has 2 aromatic rings. The molecule has 0 saturated heterocycles. The summed E-state index contributed by atoms with van der Waals surface area (Å²) < 4.78 is 19.4. The number of carboxylic acid groups (broad SMARTS) is 1. The van der Waals surface area contributed by atoms with E-state index in [2.05, 4.69) is 22.9 Å². The highest BCUT2D eigenvalue weighted by Crippen LogP contribution is 2.31. The second-order valence-corrected chi connectivity index (χ2v) is 5.33. The highest BCUT2D eigenvalue weighted by molar-refractivity contribution is 9.10. The standard InChI is InChI=1S/C16H14BrFO3/c1-2-3-10-4-6-11(7-5-10)21-13-9-8-12(16(19)20)14(17)15(13)18/h4-9H,2-3H2,1H3,(H,19,20). The van der Waals surface area contributed by atoms with E-state index in [1.807, 2.05) is 12.1 Å². The van der Waals surface area contributed by atoms with Gasteiger partial charge in [0.15, 0.2) is 11.6 Å². The van der Waals surface area contributed by atoms with Crippen LogP contribution >= 0.6 is 15.9 Å². The normalized spacial score (nSPS) is 10.4. The van der Waals surface area contributed by atoms with Gasteiger partial charge in [-0.25, -0.2) is 9.18 Å². The van der Waals surface area contributed by atoms with Gasteiger partial charge in [-0.3, -0.25) is 0 Å². The molecule has 0 aliphatic carbocycles. The van der Waals surface area contributed by atoms with Crippen molar-refractivity contribution in [2.75, 3.05) is 0 Å². The molecule has 0 aliphatic rings. The van der Waals surface area contributed by atoms with Crippen molar-refractivity contribution in [2.24, 2.45) is 0 Å². The van der Waals surface area contributed by atoms with Gasteiger partial charge in [0.25, 0.3) is 0 Å². The van der Waals surface area contributed by atoms with Gasteiger partial charge in [-0.2, -0.15) is 0 Å². The van der Waals surface area contributed by atoms with Crippen molar-refractivity contribution in [1.82, 2.24) is 0 Å². The molecule has 0 unspecified atom stereocenters. The molecule has 0 fully saturated rings. The van der Waals surface area contributed by atoms with Crippen LogP contribution in [0.1, 0.15) is 29.3 Å². The summed E-state index contributed by atoms with van der Waals surface area (Å²) >= 11 is 2.94. The smallest absolute Gasteiger partial charge is 0.336 e. The fourth-order valence-electron chi connectivity index (χ4n) is 1.92. The monoisotopic (exact) mass is 352 g/mol. The average Bonchev–Trinajstić information content (AvgIpc) is 2.46. The summed E-state index contributed by atoms with van der Waals surface area (Å²) in [4.78, 5) is 10.9. The van der Waals surface area contributed by atoms with Crippen LogP contribution in [0.3, 0.4) is 0 Å². The molecule has 2 rings (SSSR count). The maximum absolute atomic E-state index is 14.1. The van der Waals surface area contributed by atoms with E-state index in [0.717, 1.165) is 12.8 Å².